The zero-order chi connectivity index (χ0) is 14.4. The fraction of sp³-hybridized carbons (Fsp3) is 0.250. The number of amides is 1. The van der Waals surface area contributed by atoms with Crippen LogP contribution in [0.15, 0.2) is 54.7 Å². The molecule has 2 aromatic rings. The predicted octanol–water partition coefficient (Wildman–Crippen LogP) is 2.51. The van der Waals surface area contributed by atoms with E-state index in [1.54, 1.807) is 6.20 Å². The van der Waals surface area contributed by atoms with Gasteiger partial charge in [-0.05, 0) is 38.1 Å². The zero-order valence-electron chi connectivity index (χ0n) is 11.7. The van der Waals surface area contributed by atoms with Gasteiger partial charge >= 0.3 is 0 Å². The summed E-state index contributed by atoms with van der Waals surface area (Å²) in [6.45, 7) is 3.81. The third-order valence-electron chi connectivity index (χ3n) is 2.87. The van der Waals surface area contributed by atoms with Crippen LogP contribution in [0.2, 0.25) is 0 Å². The van der Waals surface area contributed by atoms with E-state index >= 15 is 0 Å². The Morgan fingerprint density at radius 3 is 2.50 bits per heavy atom. The van der Waals surface area contributed by atoms with Crippen LogP contribution in [0, 0.1) is 0 Å². The fourth-order valence-corrected chi connectivity index (χ4v) is 1.85. The van der Waals surface area contributed by atoms with Gasteiger partial charge in [0.05, 0.1) is 11.2 Å². The molecular formula is C16H18N2O2. The zero-order valence-corrected chi connectivity index (χ0v) is 11.7. The number of rotatable bonds is 5. The minimum atomic E-state index is -0.529. The SMILES string of the molecule is CC(C)(NC(=O)COc1ccccc1)c1ccccn1. The largest absolute Gasteiger partial charge is 0.484 e. The summed E-state index contributed by atoms with van der Waals surface area (Å²) in [5.74, 6) is 0.503. The van der Waals surface area contributed by atoms with Crippen LogP contribution in [0.25, 0.3) is 0 Å². The summed E-state index contributed by atoms with van der Waals surface area (Å²) in [6.07, 6.45) is 1.71. The van der Waals surface area contributed by atoms with Crippen molar-refractivity contribution in [2.24, 2.45) is 0 Å². The minimum Gasteiger partial charge on any atom is -0.484 e. The van der Waals surface area contributed by atoms with Gasteiger partial charge < -0.3 is 10.1 Å². The molecule has 2 rings (SSSR count). The van der Waals surface area contributed by atoms with E-state index in [0.717, 1.165) is 5.69 Å². The summed E-state index contributed by atoms with van der Waals surface area (Å²) in [5.41, 5.74) is 0.284. The highest BCUT2D eigenvalue weighted by Crippen LogP contribution is 2.16. The number of aromatic nitrogens is 1. The Morgan fingerprint density at radius 2 is 1.85 bits per heavy atom. The number of para-hydroxylation sites is 1. The van der Waals surface area contributed by atoms with Gasteiger partial charge in [-0.25, -0.2) is 0 Å². The van der Waals surface area contributed by atoms with Crippen LogP contribution in [-0.2, 0) is 10.3 Å². The number of ether oxygens (including phenoxy) is 1. The normalized spacial score (nSPS) is 10.9. The minimum absolute atomic E-state index is 0.0136. The number of nitrogens with zero attached hydrogens (tertiary/aromatic N) is 1. The van der Waals surface area contributed by atoms with Gasteiger partial charge in [-0.1, -0.05) is 24.3 Å². The molecule has 20 heavy (non-hydrogen) atoms. The molecule has 104 valence electrons. The smallest absolute Gasteiger partial charge is 0.258 e. The maximum atomic E-state index is 11.9. The third kappa shape index (κ3) is 3.82. The number of nitrogens with one attached hydrogen (secondary N) is 1. The summed E-state index contributed by atoms with van der Waals surface area (Å²) >= 11 is 0. The van der Waals surface area contributed by atoms with Crippen molar-refractivity contribution in [3.63, 3.8) is 0 Å². The monoisotopic (exact) mass is 270 g/mol. The van der Waals surface area contributed by atoms with Crippen molar-refractivity contribution in [3.05, 3.63) is 60.4 Å². The molecule has 1 heterocycles. The molecule has 0 aliphatic carbocycles. The summed E-state index contributed by atoms with van der Waals surface area (Å²) < 4.78 is 5.42. The molecule has 0 saturated carbocycles. The quantitative estimate of drug-likeness (QED) is 0.908. The van der Waals surface area contributed by atoms with Crippen LogP contribution in [0.1, 0.15) is 19.5 Å². The van der Waals surface area contributed by atoms with Gasteiger partial charge in [-0.2, -0.15) is 0 Å². The average Bonchev–Trinajstić information content (AvgIpc) is 2.47. The Morgan fingerprint density at radius 1 is 1.15 bits per heavy atom. The molecule has 0 saturated heterocycles. The molecule has 4 nitrogen and oxygen atoms in total. The molecule has 0 radical (unpaired) electrons. The number of hydrogen-bond donors (Lipinski definition) is 1. The van der Waals surface area contributed by atoms with Crippen molar-refractivity contribution in [1.82, 2.24) is 10.3 Å². The second kappa shape index (κ2) is 6.19. The number of pyridine rings is 1. The summed E-state index contributed by atoms with van der Waals surface area (Å²) in [7, 11) is 0. The maximum Gasteiger partial charge on any atom is 0.258 e. The predicted molar refractivity (Wildman–Crippen MR) is 77.3 cm³/mol. The van der Waals surface area contributed by atoms with Crippen LogP contribution >= 0.6 is 0 Å². The molecule has 0 unspecified atom stereocenters. The number of benzene rings is 1. The third-order valence-corrected chi connectivity index (χ3v) is 2.87. The molecule has 0 aliphatic heterocycles. The lowest BCUT2D eigenvalue weighted by molar-refractivity contribution is -0.124. The molecule has 4 heteroatoms. The molecule has 0 bridgehead atoms. The molecule has 0 spiro atoms. The molecular weight excluding hydrogens is 252 g/mol. The number of hydrogen-bond acceptors (Lipinski definition) is 3. The Kier molecular flexibility index (Phi) is 4.35. The van der Waals surface area contributed by atoms with Gasteiger partial charge in [0.1, 0.15) is 5.75 Å². The van der Waals surface area contributed by atoms with E-state index in [1.165, 1.54) is 0 Å². The molecule has 0 atom stereocenters. The van der Waals surface area contributed by atoms with E-state index in [-0.39, 0.29) is 12.5 Å². The highest BCUT2D eigenvalue weighted by atomic mass is 16.5. The maximum absolute atomic E-state index is 11.9. The molecule has 1 N–H and O–H groups in total. The molecule has 1 amide bonds. The topological polar surface area (TPSA) is 51.2 Å². The first-order valence-corrected chi connectivity index (χ1v) is 6.48. The highest BCUT2D eigenvalue weighted by Gasteiger charge is 2.24. The van der Waals surface area contributed by atoms with E-state index in [1.807, 2.05) is 62.4 Å². The molecule has 0 aliphatic rings. The average molecular weight is 270 g/mol. The first kappa shape index (κ1) is 14.1. The molecule has 1 aromatic heterocycles. The molecule has 0 fully saturated rings. The lowest BCUT2D eigenvalue weighted by atomic mass is 10.00. The van der Waals surface area contributed by atoms with Crippen molar-refractivity contribution >= 4 is 5.91 Å². The van der Waals surface area contributed by atoms with Crippen LogP contribution < -0.4 is 10.1 Å². The first-order valence-electron chi connectivity index (χ1n) is 6.48. The fourth-order valence-electron chi connectivity index (χ4n) is 1.85. The summed E-state index contributed by atoms with van der Waals surface area (Å²) in [5, 5.41) is 2.92. The van der Waals surface area contributed by atoms with Crippen molar-refractivity contribution in [3.8, 4) is 5.75 Å². The summed E-state index contributed by atoms with van der Waals surface area (Å²) in [6, 6.07) is 14.9. The Labute approximate surface area is 118 Å². The van der Waals surface area contributed by atoms with Crippen molar-refractivity contribution in [1.29, 1.82) is 0 Å². The summed E-state index contributed by atoms with van der Waals surface area (Å²) in [4.78, 5) is 16.2. The van der Waals surface area contributed by atoms with Crippen molar-refractivity contribution < 1.29 is 9.53 Å². The van der Waals surface area contributed by atoms with Crippen molar-refractivity contribution in [2.45, 2.75) is 19.4 Å². The van der Waals surface area contributed by atoms with E-state index < -0.39 is 5.54 Å². The van der Waals surface area contributed by atoms with Crippen molar-refractivity contribution in [2.75, 3.05) is 6.61 Å². The Bertz CT molecular complexity index is 553. The lowest BCUT2D eigenvalue weighted by Crippen LogP contribution is -2.43. The first-order chi connectivity index (χ1) is 9.58. The number of carbonyl (C=O) groups is 1. The second-order valence-electron chi connectivity index (χ2n) is 4.99. The Hall–Kier alpha value is -2.36. The van der Waals surface area contributed by atoms with Crippen LogP contribution in [0.5, 0.6) is 5.75 Å². The second-order valence-corrected chi connectivity index (χ2v) is 4.99. The van der Waals surface area contributed by atoms with Crippen LogP contribution in [0.3, 0.4) is 0 Å². The van der Waals surface area contributed by atoms with Gasteiger partial charge in [0, 0.05) is 6.20 Å². The van der Waals surface area contributed by atoms with Gasteiger partial charge in [0.15, 0.2) is 6.61 Å². The van der Waals surface area contributed by atoms with E-state index in [2.05, 4.69) is 10.3 Å². The van der Waals surface area contributed by atoms with Crippen LogP contribution in [0.4, 0.5) is 0 Å². The standard InChI is InChI=1S/C16H18N2O2/c1-16(2,14-10-6-7-11-17-14)18-15(19)12-20-13-8-4-3-5-9-13/h3-11H,12H2,1-2H3,(H,18,19). The van der Waals surface area contributed by atoms with Gasteiger partial charge in [0.2, 0.25) is 0 Å². The van der Waals surface area contributed by atoms with E-state index in [4.69, 9.17) is 4.74 Å². The van der Waals surface area contributed by atoms with Crippen LogP contribution in [-0.4, -0.2) is 17.5 Å². The highest BCUT2D eigenvalue weighted by molar-refractivity contribution is 5.78. The molecule has 1 aromatic carbocycles. The Balaban J connectivity index is 1.91. The van der Waals surface area contributed by atoms with Gasteiger partial charge in [-0.3, -0.25) is 9.78 Å². The van der Waals surface area contributed by atoms with Gasteiger partial charge in [0.25, 0.3) is 5.91 Å². The van der Waals surface area contributed by atoms with Gasteiger partial charge in [-0.15, -0.1) is 0 Å². The van der Waals surface area contributed by atoms with E-state index in [9.17, 15) is 4.79 Å². The van der Waals surface area contributed by atoms with E-state index in [0.29, 0.717) is 5.75 Å². The lowest BCUT2D eigenvalue weighted by Gasteiger charge is -2.25. The number of carbonyl (C=O) groups excluding carboxylic acids is 1.